The summed E-state index contributed by atoms with van der Waals surface area (Å²) < 4.78 is 6.15. The van der Waals surface area contributed by atoms with E-state index in [0.717, 1.165) is 15.6 Å². The normalized spacial score (nSPS) is 10.3. The zero-order chi connectivity index (χ0) is 13.0. The lowest BCUT2D eigenvalue weighted by Crippen LogP contribution is -2.13. The molecule has 0 aliphatic rings. The van der Waals surface area contributed by atoms with Crippen LogP contribution in [-0.2, 0) is 6.54 Å². The number of terminal acetylenes is 1. The minimum atomic E-state index is 0.476. The number of benzene rings is 1. The Kier molecular flexibility index (Phi) is 4.13. The van der Waals surface area contributed by atoms with Gasteiger partial charge in [0, 0.05) is 10.0 Å². The molecule has 0 saturated carbocycles. The first-order valence-electron chi connectivity index (χ1n) is 5.44. The van der Waals surface area contributed by atoms with E-state index in [9.17, 15) is 0 Å². The Hall–Kier alpha value is -1.64. The van der Waals surface area contributed by atoms with E-state index in [2.05, 4.69) is 37.3 Å². The molecule has 1 aromatic heterocycles. The van der Waals surface area contributed by atoms with E-state index >= 15 is 0 Å². The number of aromatic nitrogens is 2. The number of nitrogens with one attached hydrogen (secondary N) is 1. The van der Waals surface area contributed by atoms with Gasteiger partial charge in [0.1, 0.15) is 0 Å². The van der Waals surface area contributed by atoms with Crippen LogP contribution in [-0.4, -0.2) is 16.7 Å². The van der Waals surface area contributed by atoms with Gasteiger partial charge in [-0.15, -0.1) is 6.42 Å². The third-order valence-electron chi connectivity index (χ3n) is 2.40. The van der Waals surface area contributed by atoms with Crippen LogP contribution in [0.4, 0.5) is 0 Å². The smallest absolute Gasteiger partial charge is 0.240 e. The van der Waals surface area contributed by atoms with E-state index < -0.39 is 0 Å². The third-order valence-corrected chi connectivity index (χ3v) is 3.26. The summed E-state index contributed by atoms with van der Waals surface area (Å²) in [5, 5.41) is 6.93. The number of nitrogens with zero attached hydrogens (tertiary/aromatic N) is 2. The van der Waals surface area contributed by atoms with Gasteiger partial charge in [-0.1, -0.05) is 39.1 Å². The van der Waals surface area contributed by atoms with Crippen molar-refractivity contribution in [2.75, 3.05) is 6.54 Å². The minimum absolute atomic E-state index is 0.476. The van der Waals surface area contributed by atoms with E-state index in [-0.39, 0.29) is 0 Å². The van der Waals surface area contributed by atoms with Gasteiger partial charge in [0.25, 0.3) is 0 Å². The molecule has 0 spiro atoms. The highest BCUT2D eigenvalue weighted by molar-refractivity contribution is 9.10. The molecule has 2 rings (SSSR count). The number of hydrogen-bond acceptors (Lipinski definition) is 4. The summed E-state index contributed by atoms with van der Waals surface area (Å²) >= 11 is 3.48. The van der Waals surface area contributed by atoms with Crippen LogP contribution >= 0.6 is 15.9 Å². The Labute approximate surface area is 114 Å². The molecule has 1 N–H and O–H groups in total. The number of hydrogen-bond donors (Lipinski definition) is 1. The molecule has 4 nitrogen and oxygen atoms in total. The molecule has 2 aromatic rings. The monoisotopic (exact) mass is 305 g/mol. The zero-order valence-corrected chi connectivity index (χ0v) is 11.5. The first kappa shape index (κ1) is 12.8. The standard InChI is InChI=1S/C13H12BrN3O/c1-3-6-15-8-12-16-13(17-18-12)10-5-4-9(2)11(14)7-10/h1,4-5,7,15H,6,8H2,2H3. The fourth-order valence-electron chi connectivity index (χ4n) is 1.42. The fraction of sp³-hybridized carbons (Fsp3) is 0.231. The van der Waals surface area contributed by atoms with Crippen LogP contribution in [0.15, 0.2) is 27.2 Å². The average molecular weight is 306 g/mol. The van der Waals surface area contributed by atoms with Gasteiger partial charge in [-0.2, -0.15) is 4.98 Å². The average Bonchev–Trinajstić information content (AvgIpc) is 2.82. The van der Waals surface area contributed by atoms with Crippen molar-refractivity contribution in [3.05, 3.63) is 34.1 Å². The highest BCUT2D eigenvalue weighted by Crippen LogP contribution is 2.23. The van der Waals surface area contributed by atoms with Crippen LogP contribution in [0.1, 0.15) is 11.5 Å². The van der Waals surface area contributed by atoms with Crippen molar-refractivity contribution in [2.45, 2.75) is 13.5 Å². The quantitative estimate of drug-likeness (QED) is 0.696. The molecule has 5 heteroatoms. The fourth-order valence-corrected chi connectivity index (χ4v) is 1.80. The third kappa shape index (κ3) is 2.97. The summed E-state index contributed by atoms with van der Waals surface area (Å²) in [4.78, 5) is 4.29. The van der Waals surface area contributed by atoms with Crippen LogP contribution in [0.3, 0.4) is 0 Å². The largest absolute Gasteiger partial charge is 0.338 e. The van der Waals surface area contributed by atoms with Crippen LogP contribution in [0, 0.1) is 19.3 Å². The molecule has 92 valence electrons. The van der Waals surface area contributed by atoms with Crippen LogP contribution in [0.25, 0.3) is 11.4 Å². The van der Waals surface area contributed by atoms with Crippen molar-refractivity contribution in [1.29, 1.82) is 0 Å². The van der Waals surface area contributed by atoms with Gasteiger partial charge in [0.05, 0.1) is 13.1 Å². The van der Waals surface area contributed by atoms with E-state index in [1.807, 2.05) is 25.1 Å². The molecule has 0 aliphatic heterocycles. The Morgan fingerprint density at radius 2 is 2.33 bits per heavy atom. The number of halogens is 1. The lowest BCUT2D eigenvalue weighted by Gasteiger charge is -1.99. The van der Waals surface area contributed by atoms with Crippen molar-refractivity contribution >= 4 is 15.9 Å². The number of rotatable bonds is 4. The Morgan fingerprint density at radius 3 is 3.06 bits per heavy atom. The minimum Gasteiger partial charge on any atom is -0.338 e. The highest BCUT2D eigenvalue weighted by Gasteiger charge is 2.09. The van der Waals surface area contributed by atoms with E-state index in [0.29, 0.717) is 24.8 Å². The summed E-state index contributed by atoms with van der Waals surface area (Å²) in [5.74, 6) is 3.58. The van der Waals surface area contributed by atoms with Gasteiger partial charge in [-0.3, -0.25) is 5.32 Å². The van der Waals surface area contributed by atoms with Crippen molar-refractivity contribution < 1.29 is 4.52 Å². The van der Waals surface area contributed by atoms with Gasteiger partial charge in [-0.05, 0) is 18.6 Å². The van der Waals surface area contributed by atoms with Gasteiger partial charge in [-0.25, -0.2) is 0 Å². The Morgan fingerprint density at radius 1 is 1.50 bits per heavy atom. The molecular weight excluding hydrogens is 294 g/mol. The lowest BCUT2D eigenvalue weighted by molar-refractivity contribution is 0.370. The van der Waals surface area contributed by atoms with Gasteiger partial charge >= 0.3 is 0 Å². The molecule has 0 amide bonds. The molecule has 0 unspecified atom stereocenters. The van der Waals surface area contributed by atoms with Crippen molar-refractivity contribution in [2.24, 2.45) is 0 Å². The summed E-state index contributed by atoms with van der Waals surface area (Å²) in [6, 6.07) is 5.94. The first-order chi connectivity index (χ1) is 8.70. The van der Waals surface area contributed by atoms with Gasteiger partial charge < -0.3 is 4.52 Å². The van der Waals surface area contributed by atoms with Crippen molar-refractivity contribution in [3.63, 3.8) is 0 Å². The lowest BCUT2D eigenvalue weighted by atomic mass is 10.1. The molecule has 0 atom stereocenters. The molecule has 0 radical (unpaired) electrons. The van der Waals surface area contributed by atoms with Crippen molar-refractivity contribution in [3.8, 4) is 23.7 Å². The van der Waals surface area contributed by atoms with E-state index in [1.54, 1.807) is 0 Å². The first-order valence-corrected chi connectivity index (χ1v) is 6.23. The summed E-state index contributed by atoms with van der Waals surface area (Å²) in [6.07, 6.45) is 5.14. The second-order valence-electron chi connectivity index (χ2n) is 3.78. The second-order valence-corrected chi connectivity index (χ2v) is 4.64. The molecule has 18 heavy (non-hydrogen) atoms. The van der Waals surface area contributed by atoms with Crippen molar-refractivity contribution in [1.82, 2.24) is 15.5 Å². The van der Waals surface area contributed by atoms with E-state index in [1.165, 1.54) is 0 Å². The SMILES string of the molecule is C#CCNCc1nc(-c2ccc(C)c(Br)c2)no1. The predicted octanol–water partition coefficient (Wildman–Crippen LogP) is 2.53. The van der Waals surface area contributed by atoms with E-state index in [4.69, 9.17) is 10.9 Å². The second kappa shape index (κ2) is 5.80. The molecule has 0 fully saturated rings. The molecule has 0 aliphatic carbocycles. The highest BCUT2D eigenvalue weighted by atomic mass is 79.9. The van der Waals surface area contributed by atoms with Gasteiger partial charge in [0.15, 0.2) is 0 Å². The molecule has 1 aromatic carbocycles. The molecule has 0 bridgehead atoms. The predicted molar refractivity (Wildman–Crippen MR) is 72.7 cm³/mol. The maximum atomic E-state index is 5.14. The van der Waals surface area contributed by atoms with Gasteiger partial charge in [0.2, 0.25) is 11.7 Å². The number of aryl methyl sites for hydroxylation is 1. The topological polar surface area (TPSA) is 51.0 Å². The van der Waals surface area contributed by atoms with Crippen LogP contribution < -0.4 is 5.32 Å². The zero-order valence-electron chi connectivity index (χ0n) is 9.90. The summed E-state index contributed by atoms with van der Waals surface area (Å²) in [7, 11) is 0. The summed E-state index contributed by atoms with van der Waals surface area (Å²) in [5.41, 5.74) is 2.08. The molecule has 0 saturated heterocycles. The maximum Gasteiger partial charge on any atom is 0.240 e. The maximum absolute atomic E-state index is 5.14. The van der Waals surface area contributed by atoms with Crippen LogP contribution in [0.5, 0.6) is 0 Å². The molecule has 1 heterocycles. The van der Waals surface area contributed by atoms with Crippen LogP contribution in [0.2, 0.25) is 0 Å². The molecular formula is C13H12BrN3O. The summed E-state index contributed by atoms with van der Waals surface area (Å²) in [6.45, 7) is 2.98. The Bertz CT molecular complexity index is 586. The Balaban J connectivity index is 2.14.